The maximum Gasteiger partial charge on any atom is 0.257 e. The Balaban J connectivity index is 0.00000243. The molecule has 26 heavy (non-hydrogen) atoms. The molecule has 0 bridgehead atoms. The smallest absolute Gasteiger partial charge is 0.257 e. The number of halogens is 2. The fourth-order valence-electron chi connectivity index (χ4n) is 2.50. The largest absolute Gasteiger partial charge is 0.456 e. The summed E-state index contributed by atoms with van der Waals surface area (Å²) < 4.78 is 5.69. The van der Waals surface area contributed by atoms with E-state index in [2.05, 4.69) is 10.4 Å². The zero-order valence-corrected chi connectivity index (χ0v) is 15.6. The number of amides is 1. The Kier molecular flexibility index (Phi) is 7.12. The highest BCUT2D eigenvalue weighted by molar-refractivity contribution is 6.32. The van der Waals surface area contributed by atoms with Gasteiger partial charge in [-0.2, -0.15) is 0 Å². The number of nitrogens with two attached hydrogens (primary N) is 1. The number of nitrogens with one attached hydrogen (secondary N) is 1. The maximum absolute atomic E-state index is 12.2. The molecule has 0 atom stereocenters. The topological polar surface area (TPSA) is 80.0 Å². The molecule has 3 rings (SSSR count). The fourth-order valence-corrected chi connectivity index (χ4v) is 2.67. The number of hydrogen-bond donors (Lipinski definition) is 2. The number of carbonyl (C=O) groups is 1. The minimum atomic E-state index is -0.315. The van der Waals surface area contributed by atoms with Crippen molar-refractivity contribution in [3.05, 3.63) is 59.1 Å². The van der Waals surface area contributed by atoms with Crippen molar-refractivity contribution in [3.63, 3.8) is 0 Å². The van der Waals surface area contributed by atoms with Gasteiger partial charge in [0.2, 0.25) is 5.96 Å². The second-order valence-electron chi connectivity index (χ2n) is 5.66. The number of guanidine groups is 1. The third-order valence-electron chi connectivity index (χ3n) is 3.75. The van der Waals surface area contributed by atoms with Crippen molar-refractivity contribution in [2.24, 2.45) is 10.8 Å². The molecule has 0 spiro atoms. The molecule has 2 aromatic carbocycles. The molecule has 1 aliphatic heterocycles. The Hall–Kier alpha value is -2.44. The van der Waals surface area contributed by atoms with E-state index in [0.29, 0.717) is 22.1 Å². The number of para-hydroxylation sites is 1. The predicted molar refractivity (Wildman–Crippen MR) is 105 cm³/mol. The van der Waals surface area contributed by atoms with E-state index in [9.17, 15) is 4.79 Å². The monoisotopic (exact) mass is 394 g/mol. The van der Waals surface area contributed by atoms with Gasteiger partial charge in [-0.05, 0) is 49.2 Å². The standard InChI is InChI=1S/C18H19ClN4O2.ClH/c19-15-5-1-2-6-16(15)25-14-9-7-13(8-10-14)17(24)21-18(20)22-23-11-3-4-12-23;/h1-2,5-10H,3-4,11-12H2,(H3,20,21,22,24);1H. The van der Waals surface area contributed by atoms with Crippen LogP contribution in [0, 0.1) is 0 Å². The van der Waals surface area contributed by atoms with Crippen LogP contribution in [0.4, 0.5) is 0 Å². The van der Waals surface area contributed by atoms with Crippen LogP contribution in [0.2, 0.25) is 5.02 Å². The van der Waals surface area contributed by atoms with E-state index in [1.807, 2.05) is 17.1 Å². The van der Waals surface area contributed by atoms with Crippen LogP contribution in [0.3, 0.4) is 0 Å². The first-order valence-electron chi connectivity index (χ1n) is 8.04. The molecule has 8 heteroatoms. The first-order chi connectivity index (χ1) is 12.1. The Morgan fingerprint density at radius 1 is 1.12 bits per heavy atom. The number of benzene rings is 2. The highest BCUT2D eigenvalue weighted by Gasteiger charge is 2.12. The number of rotatable bonds is 4. The van der Waals surface area contributed by atoms with E-state index < -0.39 is 0 Å². The summed E-state index contributed by atoms with van der Waals surface area (Å²) in [6.07, 6.45) is 2.19. The molecule has 0 radical (unpaired) electrons. The summed E-state index contributed by atoms with van der Waals surface area (Å²) >= 11 is 6.06. The van der Waals surface area contributed by atoms with Gasteiger partial charge in [-0.1, -0.05) is 23.7 Å². The van der Waals surface area contributed by atoms with Crippen molar-refractivity contribution >= 4 is 35.9 Å². The Morgan fingerprint density at radius 2 is 1.77 bits per heavy atom. The zero-order valence-electron chi connectivity index (χ0n) is 14.0. The van der Waals surface area contributed by atoms with Gasteiger partial charge in [0, 0.05) is 18.7 Å². The molecule has 0 aromatic heterocycles. The van der Waals surface area contributed by atoms with Gasteiger partial charge >= 0.3 is 0 Å². The van der Waals surface area contributed by atoms with Gasteiger partial charge < -0.3 is 10.5 Å². The molecule has 1 heterocycles. The lowest BCUT2D eigenvalue weighted by atomic mass is 10.2. The average molecular weight is 395 g/mol. The van der Waals surface area contributed by atoms with Crippen LogP contribution in [-0.4, -0.2) is 30.0 Å². The second kappa shape index (κ2) is 9.31. The molecule has 1 aliphatic rings. The van der Waals surface area contributed by atoms with Crippen molar-refractivity contribution in [1.82, 2.24) is 10.3 Å². The number of hydrazone groups is 1. The van der Waals surface area contributed by atoms with Crippen LogP contribution < -0.4 is 15.8 Å². The molecule has 2 aromatic rings. The molecule has 3 N–H and O–H groups in total. The number of ether oxygens (including phenoxy) is 1. The summed E-state index contributed by atoms with van der Waals surface area (Å²) in [6.45, 7) is 1.73. The van der Waals surface area contributed by atoms with E-state index in [0.717, 1.165) is 25.9 Å². The minimum Gasteiger partial charge on any atom is -0.456 e. The minimum absolute atomic E-state index is 0. The molecule has 6 nitrogen and oxygen atoms in total. The lowest BCUT2D eigenvalue weighted by molar-refractivity contribution is 0.0976. The summed E-state index contributed by atoms with van der Waals surface area (Å²) in [6, 6.07) is 13.9. The van der Waals surface area contributed by atoms with Gasteiger partial charge in [-0.15, -0.1) is 17.5 Å². The van der Waals surface area contributed by atoms with Crippen LogP contribution in [0.5, 0.6) is 11.5 Å². The summed E-state index contributed by atoms with van der Waals surface area (Å²) in [5.74, 6) is 0.930. The van der Waals surface area contributed by atoms with Crippen molar-refractivity contribution in [1.29, 1.82) is 0 Å². The summed E-state index contributed by atoms with van der Waals surface area (Å²) in [4.78, 5) is 12.2. The van der Waals surface area contributed by atoms with Crippen LogP contribution >= 0.6 is 24.0 Å². The molecule has 1 saturated heterocycles. The zero-order chi connectivity index (χ0) is 17.6. The Bertz CT molecular complexity index is 775. The highest BCUT2D eigenvalue weighted by atomic mass is 35.5. The van der Waals surface area contributed by atoms with Crippen molar-refractivity contribution in [2.75, 3.05) is 13.1 Å². The molecule has 0 aliphatic carbocycles. The summed E-state index contributed by atoms with van der Waals surface area (Å²) in [5, 5.41) is 9.15. The summed E-state index contributed by atoms with van der Waals surface area (Å²) in [7, 11) is 0. The van der Waals surface area contributed by atoms with E-state index in [1.54, 1.807) is 36.4 Å². The van der Waals surface area contributed by atoms with Gasteiger partial charge in [0.25, 0.3) is 5.91 Å². The SMILES string of the molecule is Cl.N/C(=N\N1CCCC1)NC(=O)c1ccc(Oc2ccccc2Cl)cc1. The quantitative estimate of drug-likeness (QED) is 0.612. The predicted octanol–water partition coefficient (Wildman–Crippen LogP) is 3.61. The first kappa shape index (κ1) is 19.9. The van der Waals surface area contributed by atoms with Crippen LogP contribution in [0.15, 0.2) is 53.6 Å². The van der Waals surface area contributed by atoms with Gasteiger partial charge in [-0.25, -0.2) is 0 Å². The lowest BCUT2D eigenvalue weighted by Gasteiger charge is -2.12. The average Bonchev–Trinajstić information content (AvgIpc) is 3.10. The van der Waals surface area contributed by atoms with Crippen LogP contribution in [-0.2, 0) is 0 Å². The molecule has 0 unspecified atom stereocenters. The third kappa shape index (κ3) is 5.28. The number of hydrogen-bond acceptors (Lipinski definition) is 4. The van der Waals surface area contributed by atoms with Crippen molar-refractivity contribution in [2.45, 2.75) is 12.8 Å². The molecule has 138 valence electrons. The van der Waals surface area contributed by atoms with E-state index in [1.165, 1.54) is 0 Å². The number of nitrogens with zero attached hydrogens (tertiary/aromatic N) is 2. The molecular formula is C18H20Cl2N4O2. The Labute approximate surface area is 163 Å². The van der Waals surface area contributed by atoms with Gasteiger partial charge in [0.05, 0.1) is 5.02 Å². The van der Waals surface area contributed by atoms with E-state index in [4.69, 9.17) is 22.1 Å². The van der Waals surface area contributed by atoms with E-state index >= 15 is 0 Å². The molecule has 1 amide bonds. The van der Waals surface area contributed by atoms with Gasteiger partial charge in [-0.3, -0.25) is 15.1 Å². The Morgan fingerprint density at radius 3 is 2.42 bits per heavy atom. The maximum atomic E-state index is 12.2. The molecular weight excluding hydrogens is 375 g/mol. The highest BCUT2D eigenvalue weighted by Crippen LogP contribution is 2.28. The van der Waals surface area contributed by atoms with Crippen LogP contribution in [0.25, 0.3) is 0 Å². The number of carbonyl (C=O) groups excluding carboxylic acids is 1. The summed E-state index contributed by atoms with van der Waals surface area (Å²) in [5.41, 5.74) is 6.24. The third-order valence-corrected chi connectivity index (χ3v) is 4.07. The molecule has 1 fully saturated rings. The first-order valence-corrected chi connectivity index (χ1v) is 8.42. The van der Waals surface area contributed by atoms with Gasteiger partial charge in [0.15, 0.2) is 0 Å². The van der Waals surface area contributed by atoms with Crippen molar-refractivity contribution < 1.29 is 9.53 Å². The fraction of sp³-hybridized carbons (Fsp3) is 0.222. The molecule has 0 saturated carbocycles. The van der Waals surface area contributed by atoms with Crippen LogP contribution in [0.1, 0.15) is 23.2 Å². The normalized spacial score (nSPS) is 13.9. The van der Waals surface area contributed by atoms with Gasteiger partial charge in [0.1, 0.15) is 11.5 Å². The second-order valence-corrected chi connectivity index (χ2v) is 6.06. The van der Waals surface area contributed by atoms with E-state index in [-0.39, 0.29) is 24.3 Å². The van der Waals surface area contributed by atoms with Crippen molar-refractivity contribution in [3.8, 4) is 11.5 Å². The lowest BCUT2D eigenvalue weighted by Crippen LogP contribution is -2.38.